The van der Waals surface area contributed by atoms with E-state index in [2.05, 4.69) is 10.1 Å². The summed E-state index contributed by atoms with van der Waals surface area (Å²) >= 11 is 0. The van der Waals surface area contributed by atoms with Crippen molar-refractivity contribution < 1.29 is 4.79 Å². The first-order valence-corrected chi connectivity index (χ1v) is 6.13. The van der Waals surface area contributed by atoms with Gasteiger partial charge in [0.2, 0.25) is 0 Å². The Hall–Kier alpha value is -1.97. The Kier molecular flexibility index (Phi) is 3.87. The number of hydrogen-bond acceptors (Lipinski definition) is 3. The van der Waals surface area contributed by atoms with Crippen LogP contribution >= 0.6 is 0 Å². The zero-order valence-corrected chi connectivity index (χ0v) is 10.8. The maximum absolute atomic E-state index is 12.0. The summed E-state index contributed by atoms with van der Waals surface area (Å²) in [7, 11) is 0. The molecule has 2 aromatic rings. The number of rotatable bonds is 5. The van der Waals surface area contributed by atoms with Gasteiger partial charge in [-0.05, 0) is 19.4 Å². The number of Topliss-reactive ketones (excluding diaryl/α,β-unsaturated/α-hetero) is 1. The molecule has 1 heterocycles. The molecule has 0 fully saturated rings. The Labute approximate surface area is 107 Å². The lowest BCUT2D eigenvalue weighted by Crippen LogP contribution is -2.12. The lowest BCUT2D eigenvalue weighted by molar-refractivity contribution is -0.117. The van der Waals surface area contributed by atoms with Gasteiger partial charge in [0.05, 0.1) is 6.42 Å². The number of ketones is 1. The fourth-order valence-corrected chi connectivity index (χ4v) is 1.98. The Morgan fingerprint density at radius 3 is 2.89 bits per heavy atom. The summed E-state index contributed by atoms with van der Waals surface area (Å²) in [6.45, 7) is 4.76. The molecule has 0 bridgehead atoms. The van der Waals surface area contributed by atoms with Crippen molar-refractivity contribution in [3.05, 3.63) is 47.5 Å². The predicted molar refractivity (Wildman–Crippen MR) is 69.3 cm³/mol. The predicted octanol–water partition coefficient (Wildman–Crippen LogP) is 1.96. The largest absolute Gasteiger partial charge is 0.299 e. The van der Waals surface area contributed by atoms with Crippen molar-refractivity contribution in [2.24, 2.45) is 0 Å². The lowest BCUT2D eigenvalue weighted by Gasteiger charge is -2.03. The van der Waals surface area contributed by atoms with E-state index in [9.17, 15) is 4.79 Å². The van der Waals surface area contributed by atoms with E-state index in [0.29, 0.717) is 12.8 Å². The number of carbonyl (C=O) groups is 1. The molecular weight excluding hydrogens is 226 g/mol. The van der Waals surface area contributed by atoms with E-state index >= 15 is 0 Å². The van der Waals surface area contributed by atoms with E-state index in [4.69, 9.17) is 0 Å². The van der Waals surface area contributed by atoms with Crippen LogP contribution in [0.2, 0.25) is 0 Å². The van der Waals surface area contributed by atoms with Gasteiger partial charge in [-0.15, -0.1) is 0 Å². The van der Waals surface area contributed by atoms with Crippen LogP contribution in [0.15, 0.2) is 30.6 Å². The second kappa shape index (κ2) is 5.58. The van der Waals surface area contributed by atoms with Gasteiger partial charge in [0.15, 0.2) is 0 Å². The van der Waals surface area contributed by atoms with Gasteiger partial charge in [0, 0.05) is 13.0 Å². The van der Waals surface area contributed by atoms with Gasteiger partial charge < -0.3 is 0 Å². The molecule has 2 rings (SSSR count). The van der Waals surface area contributed by atoms with Gasteiger partial charge >= 0.3 is 0 Å². The number of carbonyl (C=O) groups excluding carboxylic acids is 1. The highest BCUT2D eigenvalue weighted by atomic mass is 16.1. The van der Waals surface area contributed by atoms with E-state index in [1.807, 2.05) is 38.1 Å². The van der Waals surface area contributed by atoms with Gasteiger partial charge in [0.25, 0.3) is 0 Å². The molecule has 0 unspecified atom stereocenters. The zero-order chi connectivity index (χ0) is 13.0. The second-order valence-corrected chi connectivity index (χ2v) is 4.37. The number of aromatic nitrogens is 3. The molecule has 4 nitrogen and oxygen atoms in total. The van der Waals surface area contributed by atoms with Crippen LogP contribution in [0.25, 0.3) is 0 Å². The van der Waals surface area contributed by atoms with E-state index in [1.54, 1.807) is 4.68 Å². The van der Waals surface area contributed by atoms with Crippen LogP contribution in [0, 0.1) is 6.92 Å². The first kappa shape index (κ1) is 12.5. The standard InChI is InChI=1S/C14H17N3O/c1-3-17-14(15-10-16-17)9-13(18)8-12-6-4-5-11(2)7-12/h4-7,10H,3,8-9H2,1-2H3. The van der Waals surface area contributed by atoms with Crippen LogP contribution in [0.3, 0.4) is 0 Å². The molecule has 0 saturated heterocycles. The summed E-state index contributed by atoms with van der Waals surface area (Å²) in [5.74, 6) is 0.915. The zero-order valence-electron chi connectivity index (χ0n) is 10.8. The van der Waals surface area contributed by atoms with Crippen molar-refractivity contribution in [1.82, 2.24) is 14.8 Å². The van der Waals surface area contributed by atoms with Crippen molar-refractivity contribution in [3.8, 4) is 0 Å². The van der Waals surface area contributed by atoms with Gasteiger partial charge in [0.1, 0.15) is 17.9 Å². The van der Waals surface area contributed by atoms with E-state index < -0.39 is 0 Å². The molecule has 0 aliphatic heterocycles. The highest BCUT2D eigenvalue weighted by molar-refractivity contribution is 5.82. The average molecular weight is 243 g/mol. The van der Waals surface area contributed by atoms with Crippen LogP contribution in [0.5, 0.6) is 0 Å². The number of hydrogen-bond donors (Lipinski definition) is 0. The summed E-state index contributed by atoms with van der Waals surface area (Å²) in [4.78, 5) is 16.1. The molecule has 0 atom stereocenters. The third-order valence-corrected chi connectivity index (χ3v) is 2.83. The molecule has 0 saturated carbocycles. The van der Waals surface area contributed by atoms with Gasteiger partial charge in [-0.25, -0.2) is 9.67 Å². The highest BCUT2D eigenvalue weighted by Gasteiger charge is 2.10. The minimum absolute atomic E-state index is 0.170. The fourth-order valence-electron chi connectivity index (χ4n) is 1.98. The Morgan fingerprint density at radius 2 is 2.17 bits per heavy atom. The molecule has 0 aliphatic rings. The minimum Gasteiger partial charge on any atom is -0.299 e. The second-order valence-electron chi connectivity index (χ2n) is 4.37. The summed E-state index contributed by atoms with van der Waals surface area (Å²) in [6.07, 6.45) is 2.30. The molecule has 0 aliphatic carbocycles. The molecule has 4 heteroatoms. The summed E-state index contributed by atoms with van der Waals surface area (Å²) < 4.78 is 1.76. The molecule has 94 valence electrons. The Bertz CT molecular complexity index is 545. The lowest BCUT2D eigenvalue weighted by atomic mass is 10.0. The highest BCUT2D eigenvalue weighted by Crippen LogP contribution is 2.07. The normalized spacial score (nSPS) is 10.6. The van der Waals surface area contributed by atoms with Gasteiger partial charge in [-0.2, -0.15) is 5.10 Å². The first-order chi connectivity index (χ1) is 8.69. The summed E-state index contributed by atoms with van der Waals surface area (Å²) in [6, 6.07) is 8.03. The van der Waals surface area contributed by atoms with Crippen molar-refractivity contribution in [2.45, 2.75) is 33.2 Å². The quantitative estimate of drug-likeness (QED) is 0.806. The molecular formula is C14H17N3O. The van der Waals surface area contributed by atoms with Crippen molar-refractivity contribution in [2.75, 3.05) is 0 Å². The van der Waals surface area contributed by atoms with Crippen LogP contribution in [-0.2, 0) is 24.2 Å². The van der Waals surface area contributed by atoms with Crippen LogP contribution < -0.4 is 0 Å². The fraction of sp³-hybridized carbons (Fsp3) is 0.357. The topological polar surface area (TPSA) is 47.8 Å². The molecule has 0 N–H and O–H groups in total. The first-order valence-electron chi connectivity index (χ1n) is 6.13. The molecule has 0 amide bonds. The maximum atomic E-state index is 12.0. The van der Waals surface area contributed by atoms with Crippen molar-refractivity contribution in [3.63, 3.8) is 0 Å². The SMILES string of the molecule is CCn1ncnc1CC(=O)Cc1cccc(C)c1. The molecule has 0 radical (unpaired) electrons. The van der Waals surface area contributed by atoms with Crippen LogP contribution in [0.1, 0.15) is 23.9 Å². The minimum atomic E-state index is 0.170. The third-order valence-electron chi connectivity index (χ3n) is 2.83. The molecule has 18 heavy (non-hydrogen) atoms. The van der Waals surface area contributed by atoms with E-state index in [1.165, 1.54) is 11.9 Å². The molecule has 0 spiro atoms. The summed E-state index contributed by atoms with van der Waals surface area (Å²) in [5.41, 5.74) is 2.24. The molecule has 1 aromatic carbocycles. The van der Waals surface area contributed by atoms with Crippen molar-refractivity contribution >= 4 is 5.78 Å². The van der Waals surface area contributed by atoms with Crippen LogP contribution in [0.4, 0.5) is 0 Å². The van der Waals surface area contributed by atoms with Crippen LogP contribution in [-0.4, -0.2) is 20.5 Å². The number of aryl methyl sites for hydroxylation is 2. The summed E-state index contributed by atoms with van der Waals surface area (Å²) in [5, 5.41) is 4.06. The van der Waals surface area contributed by atoms with E-state index in [-0.39, 0.29) is 5.78 Å². The number of benzene rings is 1. The number of nitrogens with zero attached hydrogens (tertiary/aromatic N) is 3. The van der Waals surface area contributed by atoms with E-state index in [0.717, 1.165) is 17.9 Å². The third kappa shape index (κ3) is 3.03. The maximum Gasteiger partial charge on any atom is 0.144 e. The Balaban J connectivity index is 2.01. The smallest absolute Gasteiger partial charge is 0.144 e. The van der Waals surface area contributed by atoms with Gasteiger partial charge in [-0.1, -0.05) is 29.8 Å². The monoisotopic (exact) mass is 243 g/mol. The average Bonchev–Trinajstić information content (AvgIpc) is 2.76. The Morgan fingerprint density at radius 1 is 1.33 bits per heavy atom. The molecule has 1 aromatic heterocycles. The van der Waals surface area contributed by atoms with Gasteiger partial charge in [-0.3, -0.25) is 4.79 Å². The van der Waals surface area contributed by atoms with Crippen molar-refractivity contribution in [1.29, 1.82) is 0 Å².